The van der Waals surface area contributed by atoms with Crippen LogP contribution in [0.5, 0.6) is 0 Å². The number of nitrogens with one attached hydrogen (secondary N) is 1. The second-order valence-corrected chi connectivity index (χ2v) is 2.76. The van der Waals surface area contributed by atoms with Gasteiger partial charge in [0.2, 0.25) is 0 Å². The summed E-state index contributed by atoms with van der Waals surface area (Å²) in [7, 11) is 3.34. The van der Waals surface area contributed by atoms with Crippen LogP contribution >= 0.6 is 0 Å². The summed E-state index contributed by atoms with van der Waals surface area (Å²) in [6, 6.07) is 0. The number of aryl methyl sites for hydroxylation is 2. The Labute approximate surface area is 76.9 Å². The summed E-state index contributed by atoms with van der Waals surface area (Å²) in [5, 5.41) is 6.90. The first-order chi connectivity index (χ1) is 6.11. The first-order valence-corrected chi connectivity index (χ1v) is 4.00. The minimum absolute atomic E-state index is 0.136. The fourth-order valence-corrected chi connectivity index (χ4v) is 1.27. The Morgan fingerprint density at radius 3 is 2.69 bits per heavy atom. The predicted molar refractivity (Wildman–Crippen MR) is 53.9 cm³/mol. The van der Waals surface area contributed by atoms with Crippen molar-refractivity contribution in [3.05, 3.63) is 28.2 Å². The highest BCUT2D eigenvalue weighted by Gasteiger charge is 2.08. The molecule has 0 aromatic carbocycles. The van der Waals surface area contributed by atoms with Crippen molar-refractivity contribution in [2.75, 3.05) is 12.4 Å². The fourth-order valence-electron chi connectivity index (χ4n) is 1.27. The molecular weight excluding hydrogens is 166 g/mol. The lowest BCUT2D eigenvalue weighted by Crippen LogP contribution is -2.24. The molecule has 1 aromatic rings. The quantitative estimate of drug-likeness (QED) is 0.729. The third kappa shape index (κ3) is 1.47. The maximum absolute atomic E-state index is 11.5. The van der Waals surface area contributed by atoms with E-state index in [0.717, 1.165) is 11.3 Å². The highest BCUT2D eigenvalue weighted by Crippen LogP contribution is 2.13. The molecule has 0 saturated heterocycles. The molecule has 13 heavy (non-hydrogen) atoms. The molecule has 1 heterocycles. The minimum atomic E-state index is -0.136. The molecule has 0 saturated carbocycles. The van der Waals surface area contributed by atoms with Crippen molar-refractivity contribution in [2.24, 2.45) is 7.05 Å². The normalized spacial score (nSPS) is 9.77. The molecule has 0 aliphatic heterocycles. The first-order valence-electron chi connectivity index (χ1n) is 4.00. The van der Waals surface area contributed by atoms with Gasteiger partial charge in [0.25, 0.3) is 5.56 Å². The van der Waals surface area contributed by atoms with E-state index in [-0.39, 0.29) is 5.56 Å². The summed E-state index contributed by atoms with van der Waals surface area (Å²) in [6.45, 7) is 5.49. The largest absolute Gasteiger partial charge is 0.383 e. The summed E-state index contributed by atoms with van der Waals surface area (Å²) < 4.78 is 1.31. The molecule has 0 fully saturated rings. The van der Waals surface area contributed by atoms with E-state index in [1.54, 1.807) is 20.2 Å². The van der Waals surface area contributed by atoms with Gasteiger partial charge >= 0.3 is 0 Å². The van der Waals surface area contributed by atoms with E-state index in [1.165, 1.54) is 4.68 Å². The lowest BCUT2D eigenvalue weighted by molar-refractivity contribution is 0.693. The van der Waals surface area contributed by atoms with Gasteiger partial charge in [-0.15, -0.1) is 0 Å². The van der Waals surface area contributed by atoms with Crippen LogP contribution in [0.25, 0.3) is 6.08 Å². The van der Waals surface area contributed by atoms with Gasteiger partial charge in [-0.3, -0.25) is 4.79 Å². The zero-order valence-electron chi connectivity index (χ0n) is 8.09. The molecule has 0 spiro atoms. The van der Waals surface area contributed by atoms with Crippen molar-refractivity contribution in [1.82, 2.24) is 9.78 Å². The van der Waals surface area contributed by atoms with Gasteiger partial charge in [-0.2, -0.15) is 5.10 Å². The fraction of sp³-hybridized carbons (Fsp3) is 0.333. The third-order valence-electron chi connectivity index (χ3n) is 1.92. The van der Waals surface area contributed by atoms with E-state index in [1.807, 2.05) is 6.92 Å². The second-order valence-electron chi connectivity index (χ2n) is 2.76. The Bertz CT molecular complexity index is 393. The molecule has 4 heteroatoms. The van der Waals surface area contributed by atoms with Gasteiger partial charge in [-0.25, -0.2) is 4.68 Å². The van der Waals surface area contributed by atoms with Crippen LogP contribution < -0.4 is 10.9 Å². The smallest absolute Gasteiger partial charge is 0.290 e. The average molecular weight is 179 g/mol. The third-order valence-corrected chi connectivity index (χ3v) is 1.92. The molecule has 1 rings (SSSR count). The van der Waals surface area contributed by atoms with Crippen LogP contribution in [0.3, 0.4) is 0 Å². The lowest BCUT2D eigenvalue weighted by atomic mass is 10.2. The lowest BCUT2D eigenvalue weighted by Gasteiger charge is -2.08. The molecule has 0 unspecified atom stereocenters. The molecule has 0 bridgehead atoms. The molecule has 1 aromatic heterocycles. The van der Waals surface area contributed by atoms with E-state index in [4.69, 9.17) is 0 Å². The van der Waals surface area contributed by atoms with E-state index in [2.05, 4.69) is 17.0 Å². The van der Waals surface area contributed by atoms with Crippen LogP contribution in [0.2, 0.25) is 0 Å². The molecular formula is C9H13N3O. The zero-order chi connectivity index (χ0) is 10.0. The van der Waals surface area contributed by atoms with E-state index in [9.17, 15) is 4.79 Å². The Kier molecular flexibility index (Phi) is 2.51. The SMILES string of the molecule is C=Cc1c(C)nn(C)c(=O)c1NC. The van der Waals surface area contributed by atoms with Crippen LogP contribution in [0.1, 0.15) is 11.3 Å². The Morgan fingerprint density at radius 2 is 2.23 bits per heavy atom. The Morgan fingerprint density at radius 1 is 1.62 bits per heavy atom. The number of anilines is 1. The van der Waals surface area contributed by atoms with Gasteiger partial charge in [0, 0.05) is 19.7 Å². The number of aromatic nitrogens is 2. The van der Waals surface area contributed by atoms with Gasteiger partial charge in [0.15, 0.2) is 0 Å². The van der Waals surface area contributed by atoms with E-state index >= 15 is 0 Å². The monoisotopic (exact) mass is 179 g/mol. The predicted octanol–water partition coefficient (Wildman–Crippen LogP) is 0.773. The van der Waals surface area contributed by atoms with Crippen molar-refractivity contribution in [1.29, 1.82) is 0 Å². The van der Waals surface area contributed by atoms with Crippen LogP contribution in [0.15, 0.2) is 11.4 Å². The molecule has 0 atom stereocenters. The second kappa shape index (κ2) is 3.43. The molecule has 70 valence electrons. The number of nitrogens with zero attached hydrogens (tertiary/aromatic N) is 2. The molecule has 0 radical (unpaired) electrons. The van der Waals surface area contributed by atoms with Gasteiger partial charge in [-0.1, -0.05) is 12.7 Å². The summed E-state index contributed by atoms with van der Waals surface area (Å²) >= 11 is 0. The van der Waals surface area contributed by atoms with Crippen molar-refractivity contribution in [3.63, 3.8) is 0 Å². The maximum atomic E-state index is 11.5. The number of hydrogen-bond donors (Lipinski definition) is 1. The summed E-state index contributed by atoms with van der Waals surface area (Å²) in [5.74, 6) is 0. The molecule has 1 N–H and O–H groups in total. The van der Waals surface area contributed by atoms with E-state index < -0.39 is 0 Å². The Balaban J connectivity index is 3.60. The van der Waals surface area contributed by atoms with Gasteiger partial charge in [0.1, 0.15) is 5.69 Å². The van der Waals surface area contributed by atoms with Gasteiger partial charge < -0.3 is 5.32 Å². The van der Waals surface area contributed by atoms with Crippen molar-refractivity contribution >= 4 is 11.8 Å². The molecule has 0 aliphatic rings. The molecule has 4 nitrogen and oxygen atoms in total. The van der Waals surface area contributed by atoms with Crippen molar-refractivity contribution in [2.45, 2.75) is 6.92 Å². The summed E-state index contributed by atoms with van der Waals surface area (Å²) in [4.78, 5) is 11.5. The minimum Gasteiger partial charge on any atom is -0.383 e. The van der Waals surface area contributed by atoms with Crippen molar-refractivity contribution < 1.29 is 0 Å². The number of hydrogen-bond acceptors (Lipinski definition) is 3. The molecule has 0 amide bonds. The summed E-state index contributed by atoms with van der Waals surface area (Å²) in [5.41, 5.74) is 1.97. The van der Waals surface area contributed by atoms with Crippen LogP contribution in [0, 0.1) is 6.92 Å². The van der Waals surface area contributed by atoms with Crippen LogP contribution in [0.4, 0.5) is 5.69 Å². The van der Waals surface area contributed by atoms with Gasteiger partial charge in [0.05, 0.1) is 5.69 Å². The zero-order valence-corrected chi connectivity index (χ0v) is 8.09. The average Bonchev–Trinajstić information content (AvgIpc) is 2.10. The first kappa shape index (κ1) is 9.51. The summed E-state index contributed by atoms with van der Waals surface area (Å²) in [6.07, 6.45) is 1.63. The van der Waals surface area contributed by atoms with Gasteiger partial charge in [-0.05, 0) is 6.92 Å². The highest BCUT2D eigenvalue weighted by molar-refractivity contribution is 5.65. The Hall–Kier alpha value is -1.58. The topological polar surface area (TPSA) is 46.9 Å². The highest BCUT2D eigenvalue weighted by atomic mass is 16.1. The standard InChI is InChI=1S/C9H13N3O/c1-5-7-6(2)11-12(4)9(13)8(7)10-3/h5,10H,1H2,2-4H3. The number of rotatable bonds is 2. The van der Waals surface area contributed by atoms with Crippen LogP contribution in [-0.2, 0) is 7.05 Å². The van der Waals surface area contributed by atoms with E-state index in [0.29, 0.717) is 5.69 Å². The molecule has 0 aliphatic carbocycles. The maximum Gasteiger partial charge on any atom is 0.290 e. The van der Waals surface area contributed by atoms with Crippen LogP contribution in [-0.4, -0.2) is 16.8 Å². The van der Waals surface area contributed by atoms with Crippen molar-refractivity contribution in [3.8, 4) is 0 Å².